The molecule has 1 aliphatic carbocycles. The minimum Gasteiger partial charge on any atom is -0.497 e. The topological polar surface area (TPSA) is 75.7 Å². The fraction of sp³-hybridized carbons (Fsp3) is 0.632. The van der Waals surface area contributed by atoms with Gasteiger partial charge in [-0.05, 0) is 49.9 Å². The molecule has 1 aliphatic heterocycles. The minimum atomic E-state index is -3.59. The number of methoxy groups -OCH3 is 1. The summed E-state index contributed by atoms with van der Waals surface area (Å²) in [4.78, 5) is 12.9. The molecule has 1 N–H and O–H groups in total. The molecule has 1 aromatic carbocycles. The molecular weight excluding hydrogens is 352 g/mol. The van der Waals surface area contributed by atoms with Gasteiger partial charge in [0.05, 0.1) is 17.9 Å². The number of hydrogen-bond acceptors (Lipinski definition) is 4. The molecule has 1 amide bonds. The number of hydrogen-bond donors (Lipinski definition) is 1. The lowest BCUT2D eigenvalue weighted by Gasteiger charge is -2.32. The maximum atomic E-state index is 12.9. The third-order valence-corrected chi connectivity index (χ3v) is 7.28. The van der Waals surface area contributed by atoms with Crippen molar-refractivity contribution in [3.8, 4) is 5.75 Å². The second-order valence-corrected chi connectivity index (χ2v) is 9.16. The van der Waals surface area contributed by atoms with Crippen LogP contribution in [0.1, 0.15) is 44.9 Å². The third kappa shape index (κ3) is 4.38. The Morgan fingerprint density at radius 3 is 2.42 bits per heavy atom. The first-order valence-corrected chi connectivity index (χ1v) is 10.9. The van der Waals surface area contributed by atoms with Gasteiger partial charge in [0, 0.05) is 19.1 Å². The Hall–Kier alpha value is -1.60. The first-order valence-electron chi connectivity index (χ1n) is 9.45. The van der Waals surface area contributed by atoms with E-state index in [1.54, 1.807) is 31.4 Å². The second kappa shape index (κ2) is 8.39. The van der Waals surface area contributed by atoms with Crippen LogP contribution in [0.5, 0.6) is 5.75 Å². The molecule has 0 bridgehead atoms. The van der Waals surface area contributed by atoms with E-state index >= 15 is 0 Å². The van der Waals surface area contributed by atoms with Gasteiger partial charge < -0.3 is 10.1 Å². The van der Waals surface area contributed by atoms with Crippen LogP contribution in [0.15, 0.2) is 29.2 Å². The maximum absolute atomic E-state index is 12.9. The summed E-state index contributed by atoms with van der Waals surface area (Å²) in [6.07, 6.45) is 7.08. The van der Waals surface area contributed by atoms with Crippen molar-refractivity contribution in [3.05, 3.63) is 24.3 Å². The largest absolute Gasteiger partial charge is 0.497 e. The highest BCUT2D eigenvalue weighted by atomic mass is 32.2. The van der Waals surface area contributed by atoms with Gasteiger partial charge in [-0.25, -0.2) is 8.42 Å². The van der Waals surface area contributed by atoms with Gasteiger partial charge in [0.25, 0.3) is 0 Å². The predicted octanol–water partition coefficient (Wildman–Crippen LogP) is 2.54. The maximum Gasteiger partial charge on any atom is 0.243 e. The normalized spacial score (nSPS) is 22.7. The SMILES string of the molecule is COc1ccc(S(=O)(=O)N2CCC[C@H](C(=O)NC3CCCCC3)C2)cc1. The molecule has 26 heavy (non-hydrogen) atoms. The molecule has 144 valence electrons. The lowest BCUT2D eigenvalue weighted by Crippen LogP contribution is -2.47. The van der Waals surface area contributed by atoms with Crippen LogP contribution in [0.3, 0.4) is 0 Å². The average Bonchev–Trinajstić information content (AvgIpc) is 2.69. The highest BCUT2D eigenvalue weighted by Gasteiger charge is 2.34. The Morgan fingerprint density at radius 2 is 1.77 bits per heavy atom. The fourth-order valence-electron chi connectivity index (χ4n) is 3.84. The molecule has 1 atom stereocenters. The highest BCUT2D eigenvalue weighted by Crippen LogP contribution is 2.26. The van der Waals surface area contributed by atoms with Crippen molar-refractivity contribution in [2.75, 3.05) is 20.2 Å². The quantitative estimate of drug-likeness (QED) is 0.852. The van der Waals surface area contributed by atoms with E-state index in [0.717, 1.165) is 32.1 Å². The molecule has 1 saturated heterocycles. The molecule has 6 nitrogen and oxygen atoms in total. The van der Waals surface area contributed by atoms with Crippen LogP contribution in [-0.2, 0) is 14.8 Å². The summed E-state index contributed by atoms with van der Waals surface area (Å²) in [5.41, 5.74) is 0. The van der Waals surface area contributed by atoms with Crippen LogP contribution in [-0.4, -0.2) is 44.9 Å². The van der Waals surface area contributed by atoms with E-state index in [2.05, 4.69) is 5.32 Å². The van der Waals surface area contributed by atoms with Gasteiger partial charge in [-0.3, -0.25) is 4.79 Å². The Balaban J connectivity index is 1.65. The van der Waals surface area contributed by atoms with Crippen molar-refractivity contribution in [1.82, 2.24) is 9.62 Å². The summed E-state index contributed by atoms with van der Waals surface area (Å²) in [5, 5.41) is 3.14. The van der Waals surface area contributed by atoms with Crippen LogP contribution in [0.2, 0.25) is 0 Å². The molecular formula is C19H28N2O4S. The average molecular weight is 381 g/mol. The van der Waals surface area contributed by atoms with Gasteiger partial charge in [-0.2, -0.15) is 4.31 Å². The summed E-state index contributed by atoms with van der Waals surface area (Å²) >= 11 is 0. The number of amides is 1. The second-order valence-electron chi connectivity index (χ2n) is 7.22. The number of rotatable bonds is 5. The molecule has 7 heteroatoms. The molecule has 1 aromatic rings. The number of piperidine rings is 1. The van der Waals surface area contributed by atoms with Crippen molar-refractivity contribution in [2.24, 2.45) is 5.92 Å². The van der Waals surface area contributed by atoms with Crippen molar-refractivity contribution < 1.29 is 17.9 Å². The molecule has 2 aliphatic rings. The molecule has 1 heterocycles. The molecule has 0 aromatic heterocycles. The van der Waals surface area contributed by atoms with E-state index in [1.165, 1.54) is 10.7 Å². The minimum absolute atomic E-state index is 0.00605. The lowest BCUT2D eigenvalue weighted by atomic mass is 9.93. The molecule has 1 saturated carbocycles. The lowest BCUT2D eigenvalue weighted by molar-refractivity contribution is -0.127. The van der Waals surface area contributed by atoms with Crippen LogP contribution >= 0.6 is 0 Å². The van der Waals surface area contributed by atoms with Crippen LogP contribution < -0.4 is 10.1 Å². The van der Waals surface area contributed by atoms with Gasteiger partial charge in [0.2, 0.25) is 15.9 Å². The summed E-state index contributed by atoms with van der Waals surface area (Å²) in [6.45, 7) is 0.717. The summed E-state index contributed by atoms with van der Waals surface area (Å²) in [5.74, 6) is 0.359. The number of sulfonamides is 1. The van der Waals surface area contributed by atoms with Gasteiger partial charge in [0.1, 0.15) is 5.75 Å². The number of nitrogens with one attached hydrogen (secondary N) is 1. The number of ether oxygens (including phenoxy) is 1. The van der Waals surface area contributed by atoms with E-state index in [4.69, 9.17) is 4.74 Å². The van der Waals surface area contributed by atoms with Crippen molar-refractivity contribution in [3.63, 3.8) is 0 Å². The standard InChI is InChI=1S/C19H28N2O4S/c1-25-17-9-11-18(12-10-17)26(23,24)21-13-5-6-15(14-21)19(22)20-16-7-3-2-4-8-16/h9-12,15-16H,2-8,13-14H2,1H3,(H,20,22)/t15-/m0/s1. The Kier molecular flexibility index (Phi) is 6.19. The Bertz CT molecular complexity index is 712. The summed E-state index contributed by atoms with van der Waals surface area (Å²) in [7, 11) is -2.04. The van der Waals surface area contributed by atoms with Gasteiger partial charge >= 0.3 is 0 Å². The zero-order valence-electron chi connectivity index (χ0n) is 15.3. The first-order chi connectivity index (χ1) is 12.5. The highest BCUT2D eigenvalue weighted by molar-refractivity contribution is 7.89. The Labute approximate surface area is 156 Å². The number of benzene rings is 1. The zero-order chi connectivity index (χ0) is 18.6. The van der Waals surface area contributed by atoms with E-state index in [9.17, 15) is 13.2 Å². The fourth-order valence-corrected chi connectivity index (χ4v) is 5.36. The monoisotopic (exact) mass is 380 g/mol. The van der Waals surface area contributed by atoms with Crippen LogP contribution in [0.25, 0.3) is 0 Å². The number of carbonyl (C=O) groups excluding carboxylic acids is 1. The predicted molar refractivity (Wildman–Crippen MR) is 99.5 cm³/mol. The summed E-state index contributed by atoms with van der Waals surface area (Å²) in [6, 6.07) is 6.65. The van der Waals surface area contributed by atoms with Crippen LogP contribution in [0, 0.1) is 5.92 Å². The van der Waals surface area contributed by atoms with Gasteiger partial charge in [0.15, 0.2) is 0 Å². The molecule has 0 spiro atoms. The van der Waals surface area contributed by atoms with Crippen molar-refractivity contribution in [2.45, 2.75) is 55.9 Å². The summed E-state index contributed by atoms with van der Waals surface area (Å²) < 4.78 is 32.3. The molecule has 2 fully saturated rings. The van der Waals surface area contributed by atoms with E-state index in [-0.39, 0.29) is 29.3 Å². The smallest absolute Gasteiger partial charge is 0.243 e. The third-order valence-electron chi connectivity index (χ3n) is 5.40. The zero-order valence-corrected chi connectivity index (χ0v) is 16.1. The number of carbonyl (C=O) groups is 1. The van der Waals surface area contributed by atoms with Crippen molar-refractivity contribution >= 4 is 15.9 Å². The Morgan fingerprint density at radius 1 is 1.08 bits per heavy atom. The van der Waals surface area contributed by atoms with E-state index < -0.39 is 10.0 Å². The molecule has 0 unspecified atom stereocenters. The number of nitrogens with zero attached hydrogens (tertiary/aromatic N) is 1. The van der Waals surface area contributed by atoms with Gasteiger partial charge in [-0.15, -0.1) is 0 Å². The molecule has 0 radical (unpaired) electrons. The van der Waals surface area contributed by atoms with Crippen LogP contribution in [0.4, 0.5) is 0 Å². The first kappa shape index (κ1) is 19.2. The van der Waals surface area contributed by atoms with E-state index in [0.29, 0.717) is 18.7 Å². The van der Waals surface area contributed by atoms with Crippen molar-refractivity contribution in [1.29, 1.82) is 0 Å². The van der Waals surface area contributed by atoms with E-state index in [1.807, 2.05) is 0 Å². The molecule has 3 rings (SSSR count). The van der Waals surface area contributed by atoms with Gasteiger partial charge in [-0.1, -0.05) is 19.3 Å².